The minimum absolute atomic E-state index is 0.135. The summed E-state index contributed by atoms with van der Waals surface area (Å²) >= 11 is 5.77. The Labute approximate surface area is 130 Å². The van der Waals surface area contributed by atoms with Crippen LogP contribution in [0.5, 0.6) is 11.7 Å². The Kier molecular flexibility index (Phi) is 4.32. The van der Waals surface area contributed by atoms with Crippen molar-refractivity contribution in [1.82, 2.24) is 0 Å². The number of aromatic hydroxyl groups is 2. The van der Waals surface area contributed by atoms with Crippen LogP contribution in [0.25, 0.3) is 0 Å². The molecule has 2 rings (SSSR count). The molecule has 0 aliphatic carbocycles. The van der Waals surface area contributed by atoms with E-state index in [1.807, 2.05) is 0 Å². The maximum Gasteiger partial charge on any atom is 0.351 e. The summed E-state index contributed by atoms with van der Waals surface area (Å²) in [6.45, 7) is 2.60. The largest absolute Gasteiger partial charge is 0.506 e. The van der Waals surface area contributed by atoms with Crippen molar-refractivity contribution in [3.8, 4) is 11.7 Å². The molecule has 114 valence electrons. The van der Waals surface area contributed by atoms with Gasteiger partial charge in [-0.15, -0.1) is 0 Å². The lowest BCUT2D eigenvalue weighted by Gasteiger charge is -2.07. The molecule has 0 unspecified atom stereocenters. The van der Waals surface area contributed by atoms with E-state index in [1.165, 1.54) is 6.92 Å². The zero-order valence-corrected chi connectivity index (χ0v) is 12.5. The van der Waals surface area contributed by atoms with Crippen molar-refractivity contribution in [1.29, 1.82) is 0 Å². The lowest BCUT2D eigenvalue weighted by molar-refractivity contribution is 0.100. The van der Waals surface area contributed by atoms with Gasteiger partial charge in [0, 0.05) is 5.02 Å². The topological polar surface area (TPSA) is 100 Å². The Bertz CT molecular complexity index is 821. The van der Waals surface area contributed by atoms with E-state index in [2.05, 4.69) is 9.41 Å². The summed E-state index contributed by atoms with van der Waals surface area (Å²) in [4.78, 5) is 27.4. The predicted molar refractivity (Wildman–Crippen MR) is 81.6 cm³/mol. The molecule has 22 heavy (non-hydrogen) atoms. The van der Waals surface area contributed by atoms with Crippen LogP contribution in [-0.2, 0) is 0 Å². The van der Waals surface area contributed by atoms with E-state index in [1.54, 1.807) is 24.3 Å². The first kappa shape index (κ1) is 15.8. The van der Waals surface area contributed by atoms with Crippen molar-refractivity contribution >= 4 is 28.8 Å². The van der Waals surface area contributed by atoms with Crippen LogP contribution in [0.1, 0.15) is 29.8 Å². The fourth-order valence-electron chi connectivity index (χ4n) is 1.91. The van der Waals surface area contributed by atoms with Crippen molar-refractivity contribution in [3.05, 3.63) is 50.8 Å². The molecule has 2 N–H and O–H groups in total. The van der Waals surface area contributed by atoms with Crippen LogP contribution < -0.4 is 5.63 Å². The first-order chi connectivity index (χ1) is 10.3. The number of halogens is 1. The molecule has 0 saturated carbocycles. The van der Waals surface area contributed by atoms with Crippen LogP contribution in [0.3, 0.4) is 0 Å². The Morgan fingerprint density at radius 2 is 1.73 bits per heavy atom. The molecule has 2 aromatic rings. The Morgan fingerprint density at radius 3 is 2.27 bits per heavy atom. The van der Waals surface area contributed by atoms with Crippen LogP contribution in [0.15, 0.2) is 38.5 Å². The molecule has 0 aliphatic heterocycles. The summed E-state index contributed by atoms with van der Waals surface area (Å²) in [5.41, 5.74) is -1.09. The third-order valence-corrected chi connectivity index (χ3v) is 3.17. The van der Waals surface area contributed by atoms with Crippen molar-refractivity contribution in [2.75, 3.05) is 0 Å². The second-order valence-electron chi connectivity index (χ2n) is 4.52. The molecule has 0 bridgehead atoms. The summed E-state index contributed by atoms with van der Waals surface area (Å²) in [5.74, 6) is -2.21. The van der Waals surface area contributed by atoms with Gasteiger partial charge in [-0.25, -0.2) is 4.79 Å². The number of rotatable bonds is 3. The molecular formula is C15H12ClNO5. The van der Waals surface area contributed by atoms with Crippen molar-refractivity contribution < 1.29 is 19.4 Å². The molecule has 0 atom stereocenters. The second kappa shape index (κ2) is 6.03. The molecule has 1 aromatic carbocycles. The van der Waals surface area contributed by atoms with Crippen molar-refractivity contribution in [3.63, 3.8) is 0 Å². The fraction of sp³-hybridized carbons (Fsp3) is 0.133. The van der Waals surface area contributed by atoms with Gasteiger partial charge in [-0.2, -0.15) is 0 Å². The maximum atomic E-state index is 11.8. The highest BCUT2D eigenvalue weighted by Gasteiger charge is 2.23. The highest BCUT2D eigenvalue weighted by Crippen LogP contribution is 2.29. The number of carbonyl (C=O) groups excluding carboxylic acids is 1. The second-order valence-corrected chi connectivity index (χ2v) is 4.96. The molecule has 0 aliphatic rings. The summed E-state index contributed by atoms with van der Waals surface area (Å²) in [5, 5.41) is 20.1. The molecule has 6 nitrogen and oxygen atoms in total. The van der Waals surface area contributed by atoms with Gasteiger partial charge in [0.15, 0.2) is 5.78 Å². The maximum absolute atomic E-state index is 11.8. The molecule has 1 aromatic heterocycles. The highest BCUT2D eigenvalue weighted by atomic mass is 35.5. The number of Topliss-reactive ketones (excluding diaryl/α,β-unsaturated/α-hetero) is 1. The number of hydrogen-bond donors (Lipinski definition) is 2. The first-order valence-electron chi connectivity index (χ1n) is 6.22. The van der Waals surface area contributed by atoms with Gasteiger partial charge in [0.1, 0.15) is 16.9 Å². The zero-order chi connectivity index (χ0) is 16.4. The van der Waals surface area contributed by atoms with E-state index >= 15 is 0 Å². The van der Waals surface area contributed by atoms with E-state index in [9.17, 15) is 19.8 Å². The van der Waals surface area contributed by atoms with Gasteiger partial charge < -0.3 is 14.6 Å². The number of ketones is 1. The average molecular weight is 322 g/mol. The van der Waals surface area contributed by atoms with Gasteiger partial charge in [-0.3, -0.25) is 9.79 Å². The normalized spacial score (nSPS) is 11.5. The number of aliphatic imine (C=N–C) groups is 1. The van der Waals surface area contributed by atoms with Crippen molar-refractivity contribution in [2.24, 2.45) is 4.99 Å². The van der Waals surface area contributed by atoms with Crippen LogP contribution in [0.4, 0.5) is 5.69 Å². The van der Waals surface area contributed by atoms with Gasteiger partial charge in [0.25, 0.3) is 5.95 Å². The summed E-state index contributed by atoms with van der Waals surface area (Å²) in [7, 11) is 0. The SMILES string of the molecule is CC(=O)c1c(O)oc(=O)c(C(C)=Nc2ccc(Cl)cc2)c1O. The first-order valence-corrected chi connectivity index (χ1v) is 6.60. The molecule has 7 heteroatoms. The van der Waals surface area contributed by atoms with E-state index in [0.29, 0.717) is 10.7 Å². The Morgan fingerprint density at radius 1 is 1.14 bits per heavy atom. The fourth-order valence-corrected chi connectivity index (χ4v) is 2.04. The molecular weight excluding hydrogens is 310 g/mol. The number of carbonyl (C=O) groups is 1. The quantitative estimate of drug-likeness (QED) is 0.668. The van der Waals surface area contributed by atoms with E-state index in [-0.39, 0.29) is 11.3 Å². The van der Waals surface area contributed by atoms with Gasteiger partial charge in [-0.1, -0.05) is 11.6 Å². The van der Waals surface area contributed by atoms with Crippen LogP contribution in [0.2, 0.25) is 5.02 Å². The Balaban J connectivity index is 2.61. The van der Waals surface area contributed by atoms with Crippen LogP contribution in [0, 0.1) is 0 Å². The lowest BCUT2D eigenvalue weighted by Crippen LogP contribution is -2.15. The zero-order valence-electron chi connectivity index (χ0n) is 11.8. The van der Waals surface area contributed by atoms with Gasteiger partial charge >= 0.3 is 5.63 Å². The smallest absolute Gasteiger partial charge is 0.351 e. The average Bonchev–Trinajstić information content (AvgIpc) is 2.40. The molecule has 0 spiro atoms. The van der Waals surface area contributed by atoms with E-state index in [4.69, 9.17) is 11.6 Å². The summed E-state index contributed by atoms with van der Waals surface area (Å²) in [6.07, 6.45) is 0. The summed E-state index contributed by atoms with van der Waals surface area (Å²) < 4.78 is 4.58. The minimum Gasteiger partial charge on any atom is -0.506 e. The monoisotopic (exact) mass is 321 g/mol. The highest BCUT2D eigenvalue weighted by molar-refractivity contribution is 6.30. The van der Waals surface area contributed by atoms with E-state index in [0.717, 1.165) is 6.92 Å². The summed E-state index contributed by atoms with van der Waals surface area (Å²) in [6, 6.07) is 6.48. The standard InChI is InChI=1S/C15H12ClNO5/c1-7(17-10-5-3-9(16)4-6-10)11-13(19)12(8(2)18)15(21)22-14(11)20/h3-6,19,21H,1-2H3. The number of nitrogens with zero attached hydrogens (tertiary/aromatic N) is 1. The van der Waals surface area contributed by atoms with E-state index < -0.39 is 28.7 Å². The third-order valence-electron chi connectivity index (χ3n) is 2.92. The van der Waals surface area contributed by atoms with Crippen LogP contribution >= 0.6 is 11.6 Å². The number of hydrogen-bond acceptors (Lipinski definition) is 6. The van der Waals surface area contributed by atoms with Gasteiger partial charge in [0.05, 0.1) is 11.4 Å². The lowest BCUT2D eigenvalue weighted by atomic mass is 10.1. The number of benzene rings is 1. The minimum atomic E-state index is -0.991. The molecule has 0 fully saturated rings. The molecule has 0 radical (unpaired) electrons. The van der Waals surface area contributed by atoms with Crippen LogP contribution in [-0.4, -0.2) is 21.7 Å². The predicted octanol–water partition coefficient (Wildman–Crippen LogP) is 3.05. The molecule has 0 amide bonds. The molecule has 0 saturated heterocycles. The third kappa shape index (κ3) is 3.01. The molecule has 1 heterocycles. The van der Waals surface area contributed by atoms with Gasteiger partial charge in [0.2, 0.25) is 0 Å². The van der Waals surface area contributed by atoms with Crippen molar-refractivity contribution in [2.45, 2.75) is 13.8 Å². The Hall–Kier alpha value is -2.60. The van der Waals surface area contributed by atoms with Gasteiger partial charge in [-0.05, 0) is 38.1 Å².